The molecule has 4 rings (SSSR count). The van der Waals surface area contributed by atoms with Crippen LogP contribution in [-0.4, -0.2) is 49.6 Å². The molecule has 10 heteroatoms. The molecular weight excluding hydrogens is 470 g/mol. The quantitative estimate of drug-likeness (QED) is 0.512. The molecule has 1 aromatic carbocycles. The first-order valence-corrected chi connectivity index (χ1v) is 12.6. The van der Waals surface area contributed by atoms with E-state index in [1.165, 1.54) is 0 Å². The number of ether oxygens (including phenoxy) is 1. The number of aryl methyl sites for hydroxylation is 1. The van der Waals surface area contributed by atoms with Crippen molar-refractivity contribution in [3.8, 4) is 11.3 Å². The first kappa shape index (κ1) is 26.1. The Bertz CT molecular complexity index is 1180. The van der Waals surface area contributed by atoms with Gasteiger partial charge < -0.3 is 15.4 Å². The normalized spacial score (nSPS) is 17.6. The van der Waals surface area contributed by atoms with Gasteiger partial charge in [-0.1, -0.05) is 30.3 Å². The first-order chi connectivity index (χ1) is 17.7. The molecular formula is C27H35N7O3. The van der Waals surface area contributed by atoms with Crippen molar-refractivity contribution in [2.75, 3.05) is 4.90 Å². The van der Waals surface area contributed by atoms with Crippen molar-refractivity contribution in [3.05, 3.63) is 60.7 Å². The predicted octanol–water partition coefficient (Wildman–Crippen LogP) is 4.43. The zero-order chi connectivity index (χ0) is 26.4. The maximum absolute atomic E-state index is 13.4. The van der Waals surface area contributed by atoms with Crippen LogP contribution >= 0.6 is 0 Å². The molecule has 10 nitrogen and oxygen atoms in total. The molecule has 2 aromatic heterocycles. The SMILES string of the molecule is Cn1cc(-c2cnc(N(C(=O)NCc3ccccc3)C3CCC(NC(=O)OC(C)(C)C)CC3)cn2)cn1. The number of hydrogen-bond donors (Lipinski definition) is 2. The molecule has 37 heavy (non-hydrogen) atoms. The first-order valence-electron chi connectivity index (χ1n) is 12.6. The lowest BCUT2D eigenvalue weighted by Crippen LogP contribution is -2.50. The fourth-order valence-electron chi connectivity index (χ4n) is 4.42. The molecule has 0 spiro atoms. The highest BCUT2D eigenvalue weighted by atomic mass is 16.6. The summed E-state index contributed by atoms with van der Waals surface area (Å²) in [6.07, 6.45) is 9.37. The number of carbonyl (C=O) groups is 2. The Kier molecular flexibility index (Phi) is 8.05. The highest BCUT2D eigenvalue weighted by Gasteiger charge is 2.32. The average Bonchev–Trinajstić information content (AvgIpc) is 3.30. The number of carbonyl (C=O) groups excluding carboxylic acids is 2. The second kappa shape index (κ2) is 11.4. The largest absolute Gasteiger partial charge is 0.444 e. The van der Waals surface area contributed by atoms with Gasteiger partial charge in [0.25, 0.3) is 0 Å². The zero-order valence-corrected chi connectivity index (χ0v) is 21.8. The van der Waals surface area contributed by atoms with Gasteiger partial charge in [-0.2, -0.15) is 5.10 Å². The third-order valence-electron chi connectivity index (χ3n) is 6.17. The van der Waals surface area contributed by atoms with Crippen molar-refractivity contribution in [2.45, 2.75) is 70.7 Å². The van der Waals surface area contributed by atoms with Crippen molar-refractivity contribution in [3.63, 3.8) is 0 Å². The summed E-state index contributed by atoms with van der Waals surface area (Å²) < 4.78 is 7.10. The highest BCUT2D eigenvalue weighted by molar-refractivity contribution is 5.91. The number of urea groups is 1. The van der Waals surface area contributed by atoms with Crippen LogP contribution in [0.5, 0.6) is 0 Å². The van der Waals surface area contributed by atoms with E-state index in [2.05, 4.69) is 25.7 Å². The van der Waals surface area contributed by atoms with Gasteiger partial charge in [0.2, 0.25) is 0 Å². The summed E-state index contributed by atoms with van der Waals surface area (Å²) in [5.41, 5.74) is 2.01. The number of benzene rings is 1. The molecule has 0 radical (unpaired) electrons. The third kappa shape index (κ3) is 7.28. The minimum Gasteiger partial charge on any atom is -0.444 e. The molecule has 196 valence electrons. The molecule has 1 saturated carbocycles. The highest BCUT2D eigenvalue weighted by Crippen LogP contribution is 2.28. The number of amides is 3. The van der Waals surface area contributed by atoms with Gasteiger partial charge in [-0.3, -0.25) is 14.6 Å². The van der Waals surface area contributed by atoms with Crippen molar-refractivity contribution in [1.82, 2.24) is 30.4 Å². The molecule has 0 bridgehead atoms. The second-order valence-electron chi connectivity index (χ2n) is 10.3. The van der Waals surface area contributed by atoms with Crippen molar-refractivity contribution in [2.24, 2.45) is 7.05 Å². The summed E-state index contributed by atoms with van der Waals surface area (Å²) in [5.74, 6) is 0.488. The summed E-state index contributed by atoms with van der Waals surface area (Å²) in [6, 6.07) is 9.48. The van der Waals surface area contributed by atoms with E-state index in [0.717, 1.165) is 24.0 Å². The fraction of sp³-hybridized carbons (Fsp3) is 0.444. The molecule has 3 aromatic rings. The molecule has 0 unspecified atom stereocenters. The molecule has 2 heterocycles. The van der Waals surface area contributed by atoms with Crippen LogP contribution in [-0.2, 0) is 18.3 Å². The number of aromatic nitrogens is 4. The zero-order valence-electron chi connectivity index (χ0n) is 21.8. The third-order valence-corrected chi connectivity index (χ3v) is 6.17. The molecule has 0 saturated heterocycles. The van der Waals surface area contributed by atoms with Crippen molar-refractivity contribution >= 4 is 17.9 Å². The molecule has 1 aliphatic carbocycles. The minimum atomic E-state index is -0.546. The lowest BCUT2D eigenvalue weighted by molar-refractivity contribution is 0.0491. The Morgan fingerprint density at radius 1 is 1.05 bits per heavy atom. The van der Waals surface area contributed by atoms with E-state index in [4.69, 9.17) is 4.74 Å². The van der Waals surface area contributed by atoms with Gasteiger partial charge in [0.05, 0.1) is 24.3 Å². The van der Waals surface area contributed by atoms with Crippen LogP contribution in [0.15, 0.2) is 55.1 Å². The average molecular weight is 506 g/mol. The summed E-state index contributed by atoms with van der Waals surface area (Å²) in [5, 5.41) is 10.2. The number of rotatable bonds is 6. The van der Waals surface area contributed by atoms with E-state index in [1.807, 2.05) is 64.3 Å². The van der Waals surface area contributed by atoms with Gasteiger partial charge in [0.1, 0.15) is 5.60 Å². The van der Waals surface area contributed by atoms with Crippen LogP contribution in [0.4, 0.5) is 15.4 Å². The number of hydrogen-bond acceptors (Lipinski definition) is 6. The van der Waals surface area contributed by atoms with Crippen molar-refractivity contribution in [1.29, 1.82) is 0 Å². The lowest BCUT2D eigenvalue weighted by atomic mass is 9.90. The Morgan fingerprint density at radius 2 is 1.78 bits per heavy atom. The number of alkyl carbamates (subject to hydrolysis) is 1. The van der Waals surface area contributed by atoms with Gasteiger partial charge >= 0.3 is 12.1 Å². The lowest BCUT2D eigenvalue weighted by Gasteiger charge is -2.36. The minimum absolute atomic E-state index is 0.000583. The van der Waals surface area contributed by atoms with E-state index in [1.54, 1.807) is 28.2 Å². The summed E-state index contributed by atoms with van der Waals surface area (Å²) in [7, 11) is 1.85. The summed E-state index contributed by atoms with van der Waals surface area (Å²) in [6.45, 7) is 5.94. The molecule has 2 N–H and O–H groups in total. The molecule has 1 aliphatic rings. The standard InChI is InChI=1S/C27H35N7O3/c1-27(2,3)37-26(36)32-21-10-12-22(13-11-21)34(25(35)30-14-19-8-6-5-7-9-19)24-17-28-23(16-29-24)20-15-31-33(4)18-20/h5-9,15-18,21-22H,10-14H2,1-4H3,(H,30,35)(H,32,36). The number of nitrogens with one attached hydrogen (secondary N) is 2. The summed E-state index contributed by atoms with van der Waals surface area (Å²) in [4.78, 5) is 36.5. The van der Waals surface area contributed by atoms with E-state index in [-0.39, 0.29) is 18.1 Å². The Hall–Kier alpha value is -3.95. The van der Waals surface area contributed by atoms with E-state index in [0.29, 0.717) is 30.9 Å². The topological polar surface area (TPSA) is 114 Å². The Morgan fingerprint density at radius 3 is 2.38 bits per heavy atom. The van der Waals surface area contributed by atoms with Gasteiger partial charge in [-0.25, -0.2) is 14.6 Å². The second-order valence-corrected chi connectivity index (χ2v) is 10.3. The molecule has 1 fully saturated rings. The maximum Gasteiger partial charge on any atom is 0.407 e. The van der Waals surface area contributed by atoms with Gasteiger partial charge in [0, 0.05) is 37.4 Å². The van der Waals surface area contributed by atoms with Crippen LogP contribution in [0.1, 0.15) is 52.0 Å². The van der Waals surface area contributed by atoms with Crippen LogP contribution in [0, 0.1) is 0 Å². The Labute approximate surface area is 217 Å². The predicted molar refractivity (Wildman–Crippen MR) is 141 cm³/mol. The number of anilines is 1. The van der Waals surface area contributed by atoms with Gasteiger partial charge in [0.15, 0.2) is 5.82 Å². The molecule has 3 amide bonds. The smallest absolute Gasteiger partial charge is 0.407 e. The van der Waals surface area contributed by atoms with E-state index in [9.17, 15) is 9.59 Å². The maximum atomic E-state index is 13.4. The number of nitrogens with zero attached hydrogens (tertiary/aromatic N) is 5. The molecule has 0 atom stereocenters. The van der Waals surface area contributed by atoms with E-state index < -0.39 is 11.7 Å². The van der Waals surface area contributed by atoms with Crippen LogP contribution in [0.2, 0.25) is 0 Å². The monoisotopic (exact) mass is 505 g/mol. The van der Waals surface area contributed by atoms with Crippen molar-refractivity contribution < 1.29 is 14.3 Å². The fourth-order valence-corrected chi connectivity index (χ4v) is 4.42. The van der Waals surface area contributed by atoms with Gasteiger partial charge in [-0.05, 0) is 52.0 Å². The molecule has 0 aliphatic heterocycles. The van der Waals surface area contributed by atoms with Gasteiger partial charge in [-0.15, -0.1) is 0 Å². The van der Waals surface area contributed by atoms with Crippen LogP contribution in [0.25, 0.3) is 11.3 Å². The Balaban J connectivity index is 1.46. The summed E-state index contributed by atoms with van der Waals surface area (Å²) >= 11 is 0. The van der Waals surface area contributed by atoms with Crippen LogP contribution < -0.4 is 15.5 Å². The van der Waals surface area contributed by atoms with E-state index >= 15 is 0 Å². The van der Waals surface area contributed by atoms with Crippen LogP contribution in [0.3, 0.4) is 0 Å².